The molecule has 2 aliphatic rings. The van der Waals surface area contributed by atoms with Crippen molar-refractivity contribution < 1.29 is 0 Å². The Morgan fingerprint density at radius 1 is 1.06 bits per heavy atom. The highest BCUT2D eigenvalue weighted by molar-refractivity contribution is 5.48. The topological polar surface area (TPSA) is 75.9 Å². The molecule has 0 radical (unpaired) electrons. The molecular formula is C12H19N5. The summed E-state index contributed by atoms with van der Waals surface area (Å²) in [6.45, 7) is 0. The average Bonchev–Trinajstić information content (AvgIpc) is 3.09. The van der Waals surface area contributed by atoms with E-state index in [4.69, 9.17) is 5.84 Å². The molecule has 92 valence electrons. The van der Waals surface area contributed by atoms with E-state index in [2.05, 4.69) is 20.7 Å². The Bertz CT molecular complexity index is 396. The van der Waals surface area contributed by atoms with Crippen LogP contribution in [-0.2, 0) is 0 Å². The van der Waals surface area contributed by atoms with Gasteiger partial charge in [0.1, 0.15) is 17.5 Å². The highest BCUT2D eigenvalue weighted by atomic mass is 15.3. The molecule has 0 bridgehead atoms. The van der Waals surface area contributed by atoms with Crippen molar-refractivity contribution in [2.45, 2.75) is 50.5 Å². The van der Waals surface area contributed by atoms with Gasteiger partial charge in [-0.05, 0) is 25.7 Å². The average molecular weight is 233 g/mol. The predicted molar refractivity (Wildman–Crippen MR) is 67.7 cm³/mol. The molecule has 1 aromatic heterocycles. The van der Waals surface area contributed by atoms with Gasteiger partial charge in [-0.2, -0.15) is 0 Å². The summed E-state index contributed by atoms with van der Waals surface area (Å²) in [5.74, 6) is 8.56. The number of anilines is 2. The summed E-state index contributed by atoms with van der Waals surface area (Å²) in [5.41, 5.74) is 2.62. The molecule has 0 unspecified atom stereocenters. The zero-order valence-corrected chi connectivity index (χ0v) is 9.95. The van der Waals surface area contributed by atoms with Crippen LogP contribution in [0.4, 0.5) is 11.6 Å². The fourth-order valence-electron chi connectivity index (χ4n) is 2.42. The Labute approximate surface area is 101 Å². The van der Waals surface area contributed by atoms with Gasteiger partial charge in [0.2, 0.25) is 0 Å². The van der Waals surface area contributed by atoms with Crippen molar-refractivity contribution in [1.29, 1.82) is 0 Å². The maximum Gasteiger partial charge on any atom is 0.145 e. The van der Waals surface area contributed by atoms with E-state index in [1.54, 1.807) is 0 Å². The van der Waals surface area contributed by atoms with E-state index in [-0.39, 0.29) is 0 Å². The van der Waals surface area contributed by atoms with E-state index in [1.165, 1.54) is 38.5 Å². The summed E-state index contributed by atoms with van der Waals surface area (Å²) in [4.78, 5) is 8.99. The summed E-state index contributed by atoms with van der Waals surface area (Å²) in [6, 6.07) is 2.46. The number of hydrogen-bond acceptors (Lipinski definition) is 5. The minimum absolute atomic E-state index is 0.549. The monoisotopic (exact) mass is 233 g/mol. The number of hydrazine groups is 1. The summed E-state index contributed by atoms with van der Waals surface area (Å²) in [7, 11) is 0. The Kier molecular flexibility index (Phi) is 2.84. The molecule has 2 fully saturated rings. The molecule has 2 saturated carbocycles. The van der Waals surface area contributed by atoms with Gasteiger partial charge in [0, 0.05) is 18.0 Å². The highest BCUT2D eigenvalue weighted by Crippen LogP contribution is 2.39. The summed E-state index contributed by atoms with van der Waals surface area (Å²) < 4.78 is 0. The normalized spacial score (nSPS) is 20.5. The minimum Gasteiger partial charge on any atom is -0.367 e. The van der Waals surface area contributed by atoms with Crippen molar-refractivity contribution in [2.24, 2.45) is 5.84 Å². The molecular weight excluding hydrogens is 214 g/mol. The number of aromatic nitrogens is 2. The van der Waals surface area contributed by atoms with Crippen molar-refractivity contribution in [3.63, 3.8) is 0 Å². The Morgan fingerprint density at radius 3 is 2.41 bits per heavy atom. The molecule has 0 aromatic carbocycles. The lowest BCUT2D eigenvalue weighted by Crippen LogP contribution is -2.17. The number of hydrogen-bond donors (Lipinski definition) is 3. The van der Waals surface area contributed by atoms with Gasteiger partial charge in [-0.25, -0.2) is 15.8 Å². The number of nitrogens with two attached hydrogens (primary N) is 1. The standard InChI is InChI=1S/C12H19N5/c13-17-11-7-10(14-9-3-1-2-4-9)15-12(16-11)8-5-6-8/h7-9H,1-6,13H2,(H2,14,15,16,17). The molecule has 4 N–H and O–H groups in total. The summed E-state index contributed by atoms with van der Waals surface area (Å²) >= 11 is 0. The van der Waals surface area contributed by atoms with E-state index < -0.39 is 0 Å². The highest BCUT2D eigenvalue weighted by Gasteiger charge is 2.27. The second-order valence-electron chi connectivity index (χ2n) is 5.04. The number of nitrogens with one attached hydrogen (secondary N) is 2. The Hall–Kier alpha value is -1.36. The second-order valence-corrected chi connectivity index (χ2v) is 5.04. The van der Waals surface area contributed by atoms with Crippen LogP contribution in [-0.4, -0.2) is 16.0 Å². The smallest absolute Gasteiger partial charge is 0.145 e. The van der Waals surface area contributed by atoms with Crippen LogP contribution in [0, 0.1) is 0 Å². The van der Waals surface area contributed by atoms with Gasteiger partial charge in [0.05, 0.1) is 0 Å². The minimum atomic E-state index is 0.549. The zero-order valence-electron chi connectivity index (χ0n) is 9.95. The Balaban J connectivity index is 1.78. The van der Waals surface area contributed by atoms with Gasteiger partial charge in [0.25, 0.3) is 0 Å². The first-order valence-corrected chi connectivity index (χ1v) is 6.47. The van der Waals surface area contributed by atoms with E-state index in [0.717, 1.165) is 11.6 Å². The van der Waals surface area contributed by atoms with Crippen molar-refractivity contribution in [1.82, 2.24) is 9.97 Å². The van der Waals surface area contributed by atoms with Crippen LogP contribution in [0.5, 0.6) is 0 Å². The largest absolute Gasteiger partial charge is 0.367 e. The first-order valence-electron chi connectivity index (χ1n) is 6.47. The maximum atomic E-state index is 5.45. The summed E-state index contributed by atoms with van der Waals surface area (Å²) in [6.07, 6.45) is 7.54. The SMILES string of the molecule is NNc1cc(NC2CCCC2)nc(C2CC2)n1. The second kappa shape index (κ2) is 4.49. The van der Waals surface area contributed by atoms with Crippen LogP contribution in [0.3, 0.4) is 0 Å². The molecule has 5 nitrogen and oxygen atoms in total. The van der Waals surface area contributed by atoms with Crippen LogP contribution in [0.15, 0.2) is 6.07 Å². The molecule has 5 heteroatoms. The third kappa shape index (κ3) is 2.49. The van der Waals surface area contributed by atoms with Gasteiger partial charge in [-0.1, -0.05) is 12.8 Å². The Morgan fingerprint density at radius 2 is 1.76 bits per heavy atom. The molecule has 0 saturated heterocycles. The molecule has 17 heavy (non-hydrogen) atoms. The van der Waals surface area contributed by atoms with Gasteiger partial charge in [-0.15, -0.1) is 0 Å². The van der Waals surface area contributed by atoms with Gasteiger partial charge < -0.3 is 10.7 Å². The molecule has 1 heterocycles. The van der Waals surface area contributed by atoms with Crippen molar-refractivity contribution in [3.05, 3.63) is 11.9 Å². The van der Waals surface area contributed by atoms with E-state index in [0.29, 0.717) is 17.8 Å². The molecule has 1 aromatic rings. The predicted octanol–water partition coefficient (Wildman–Crippen LogP) is 1.99. The van der Waals surface area contributed by atoms with Crippen LogP contribution >= 0.6 is 0 Å². The van der Waals surface area contributed by atoms with Crippen molar-refractivity contribution in [2.75, 3.05) is 10.7 Å². The first kappa shape index (κ1) is 10.8. The molecule has 0 spiro atoms. The molecule has 3 rings (SSSR count). The third-order valence-electron chi connectivity index (χ3n) is 3.54. The number of rotatable bonds is 4. The molecule has 0 aliphatic heterocycles. The van der Waals surface area contributed by atoms with Crippen LogP contribution in [0.25, 0.3) is 0 Å². The first-order chi connectivity index (χ1) is 8.35. The number of nitrogen functional groups attached to an aromatic ring is 1. The van der Waals surface area contributed by atoms with E-state index in [1.807, 2.05) is 6.07 Å². The number of nitrogens with zero attached hydrogens (tertiary/aromatic N) is 2. The molecule has 0 amide bonds. The lowest BCUT2D eigenvalue weighted by Gasteiger charge is -2.14. The molecule has 2 aliphatic carbocycles. The fraction of sp³-hybridized carbons (Fsp3) is 0.667. The molecule has 0 atom stereocenters. The van der Waals surface area contributed by atoms with Crippen LogP contribution < -0.4 is 16.6 Å². The fourth-order valence-corrected chi connectivity index (χ4v) is 2.42. The maximum absolute atomic E-state index is 5.45. The van der Waals surface area contributed by atoms with Gasteiger partial charge in [-0.3, -0.25) is 0 Å². The van der Waals surface area contributed by atoms with Crippen molar-refractivity contribution >= 4 is 11.6 Å². The quantitative estimate of drug-likeness (QED) is 0.547. The van der Waals surface area contributed by atoms with Crippen molar-refractivity contribution in [3.8, 4) is 0 Å². The zero-order chi connectivity index (χ0) is 11.7. The lowest BCUT2D eigenvalue weighted by molar-refractivity contribution is 0.746. The van der Waals surface area contributed by atoms with E-state index in [9.17, 15) is 0 Å². The van der Waals surface area contributed by atoms with E-state index >= 15 is 0 Å². The third-order valence-corrected chi connectivity index (χ3v) is 3.54. The summed E-state index contributed by atoms with van der Waals surface area (Å²) in [5, 5.41) is 3.49. The van der Waals surface area contributed by atoms with Gasteiger partial charge >= 0.3 is 0 Å². The van der Waals surface area contributed by atoms with Gasteiger partial charge in [0.15, 0.2) is 0 Å². The lowest BCUT2D eigenvalue weighted by atomic mass is 10.2. The van der Waals surface area contributed by atoms with Crippen LogP contribution in [0.2, 0.25) is 0 Å². The van der Waals surface area contributed by atoms with Crippen LogP contribution in [0.1, 0.15) is 50.3 Å².